The zero-order chi connectivity index (χ0) is 21.9. The predicted molar refractivity (Wildman–Crippen MR) is 110 cm³/mol. The van der Waals surface area contributed by atoms with E-state index >= 15 is 0 Å². The van der Waals surface area contributed by atoms with Crippen LogP contribution in [0.2, 0.25) is 0 Å². The molecule has 0 radical (unpaired) electrons. The molecule has 1 amide bonds. The van der Waals surface area contributed by atoms with E-state index in [9.17, 15) is 22.8 Å². The van der Waals surface area contributed by atoms with Crippen LogP contribution in [-0.2, 0) is 11.3 Å². The largest absolute Gasteiger partial charge is 0.482 e. The smallest absolute Gasteiger partial charge is 0.422 e. The third-order valence-electron chi connectivity index (χ3n) is 4.17. The SMILES string of the molecule is Cc1ccc(NC(=O)CCn2cnc3ccc(Br)cc3c2=O)c(OCC(F)(F)F)c1. The van der Waals surface area contributed by atoms with Gasteiger partial charge in [0.25, 0.3) is 5.56 Å². The quantitative estimate of drug-likeness (QED) is 0.562. The van der Waals surface area contributed by atoms with E-state index in [0.717, 1.165) is 4.47 Å². The molecule has 0 bridgehead atoms. The zero-order valence-electron chi connectivity index (χ0n) is 15.8. The summed E-state index contributed by atoms with van der Waals surface area (Å²) in [6.45, 7) is 0.293. The van der Waals surface area contributed by atoms with Crippen molar-refractivity contribution in [3.8, 4) is 5.75 Å². The van der Waals surface area contributed by atoms with Crippen LogP contribution in [0.25, 0.3) is 10.9 Å². The lowest BCUT2D eigenvalue weighted by Crippen LogP contribution is -2.24. The summed E-state index contributed by atoms with van der Waals surface area (Å²) >= 11 is 3.30. The van der Waals surface area contributed by atoms with E-state index < -0.39 is 18.7 Å². The van der Waals surface area contributed by atoms with E-state index in [1.54, 1.807) is 31.2 Å². The Bertz CT molecular complexity index is 1150. The molecule has 1 N–H and O–H groups in total. The Morgan fingerprint density at radius 2 is 2.00 bits per heavy atom. The topological polar surface area (TPSA) is 73.2 Å². The Kier molecular flexibility index (Phi) is 6.45. The monoisotopic (exact) mass is 483 g/mol. The van der Waals surface area contributed by atoms with Crippen LogP contribution >= 0.6 is 15.9 Å². The van der Waals surface area contributed by atoms with Crippen LogP contribution in [-0.4, -0.2) is 28.2 Å². The van der Waals surface area contributed by atoms with Gasteiger partial charge in [-0.1, -0.05) is 22.0 Å². The van der Waals surface area contributed by atoms with Crippen LogP contribution < -0.4 is 15.6 Å². The number of aryl methyl sites for hydroxylation is 2. The second-order valence-corrected chi connectivity index (χ2v) is 7.52. The number of benzene rings is 2. The molecule has 0 unspecified atom stereocenters. The molecule has 0 atom stereocenters. The second kappa shape index (κ2) is 8.86. The van der Waals surface area contributed by atoms with Gasteiger partial charge in [0.2, 0.25) is 5.91 Å². The molecule has 0 saturated heterocycles. The van der Waals surface area contributed by atoms with E-state index in [2.05, 4.69) is 26.2 Å². The van der Waals surface area contributed by atoms with Gasteiger partial charge < -0.3 is 10.1 Å². The first-order valence-corrected chi connectivity index (χ1v) is 9.66. The van der Waals surface area contributed by atoms with E-state index in [4.69, 9.17) is 4.74 Å². The van der Waals surface area contributed by atoms with Gasteiger partial charge in [-0.15, -0.1) is 0 Å². The fraction of sp³-hybridized carbons (Fsp3) is 0.250. The predicted octanol–water partition coefficient (Wildman–Crippen LogP) is 4.44. The van der Waals surface area contributed by atoms with Gasteiger partial charge in [-0.3, -0.25) is 14.2 Å². The van der Waals surface area contributed by atoms with Gasteiger partial charge in [-0.25, -0.2) is 4.98 Å². The number of amides is 1. The molecule has 158 valence electrons. The summed E-state index contributed by atoms with van der Waals surface area (Å²) in [6.07, 6.45) is -3.21. The molecule has 2 aromatic carbocycles. The van der Waals surface area contributed by atoms with Crippen molar-refractivity contribution in [1.29, 1.82) is 0 Å². The van der Waals surface area contributed by atoms with Crippen molar-refractivity contribution >= 4 is 38.4 Å². The molecular formula is C20H17BrF3N3O3. The molecule has 10 heteroatoms. The Morgan fingerprint density at radius 1 is 1.23 bits per heavy atom. The molecular weight excluding hydrogens is 467 g/mol. The molecule has 0 fully saturated rings. The van der Waals surface area contributed by atoms with Crippen LogP contribution in [0.5, 0.6) is 5.75 Å². The molecule has 0 spiro atoms. The van der Waals surface area contributed by atoms with Gasteiger partial charge >= 0.3 is 6.18 Å². The number of anilines is 1. The van der Waals surface area contributed by atoms with Crippen LogP contribution in [0.15, 0.2) is 52.0 Å². The molecule has 1 aromatic heterocycles. The maximum absolute atomic E-state index is 12.6. The summed E-state index contributed by atoms with van der Waals surface area (Å²) in [5, 5.41) is 2.95. The molecule has 0 aliphatic heterocycles. The van der Waals surface area contributed by atoms with E-state index in [0.29, 0.717) is 16.5 Å². The molecule has 30 heavy (non-hydrogen) atoms. The lowest BCUT2D eigenvalue weighted by Gasteiger charge is -2.15. The average Bonchev–Trinajstić information content (AvgIpc) is 2.67. The first-order chi connectivity index (χ1) is 14.1. The number of carbonyl (C=O) groups is 1. The van der Waals surface area contributed by atoms with Crippen LogP contribution in [0.4, 0.5) is 18.9 Å². The van der Waals surface area contributed by atoms with Crippen molar-refractivity contribution in [3.05, 3.63) is 63.1 Å². The fourth-order valence-electron chi connectivity index (χ4n) is 2.74. The highest BCUT2D eigenvalue weighted by molar-refractivity contribution is 9.10. The van der Waals surface area contributed by atoms with E-state index in [1.165, 1.54) is 23.0 Å². The number of alkyl halides is 3. The Balaban J connectivity index is 1.70. The third-order valence-corrected chi connectivity index (χ3v) is 4.66. The molecule has 1 heterocycles. The lowest BCUT2D eigenvalue weighted by molar-refractivity contribution is -0.153. The van der Waals surface area contributed by atoms with Crippen molar-refractivity contribution in [2.45, 2.75) is 26.1 Å². The van der Waals surface area contributed by atoms with Crippen molar-refractivity contribution in [2.75, 3.05) is 11.9 Å². The minimum atomic E-state index is -4.50. The number of nitrogens with one attached hydrogen (secondary N) is 1. The van der Waals surface area contributed by atoms with Gasteiger partial charge in [-0.05, 0) is 42.8 Å². The first kappa shape index (κ1) is 21.8. The summed E-state index contributed by atoms with van der Waals surface area (Å²) in [5.74, 6) is -0.549. The van der Waals surface area contributed by atoms with Crippen LogP contribution in [0.1, 0.15) is 12.0 Å². The number of hydrogen-bond acceptors (Lipinski definition) is 4. The zero-order valence-corrected chi connectivity index (χ0v) is 17.4. The van der Waals surface area contributed by atoms with Crippen molar-refractivity contribution in [3.63, 3.8) is 0 Å². The second-order valence-electron chi connectivity index (χ2n) is 6.61. The highest BCUT2D eigenvalue weighted by Crippen LogP contribution is 2.28. The highest BCUT2D eigenvalue weighted by atomic mass is 79.9. The number of ether oxygens (including phenoxy) is 1. The highest BCUT2D eigenvalue weighted by Gasteiger charge is 2.29. The Labute approximate surface area is 177 Å². The summed E-state index contributed by atoms with van der Waals surface area (Å²) in [7, 11) is 0. The van der Waals surface area contributed by atoms with E-state index in [1.807, 2.05) is 0 Å². The normalized spacial score (nSPS) is 11.5. The number of rotatable bonds is 6. The first-order valence-electron chi connectivity index (χ1n) is 8.87. The maximum atomic E-state index is 12.6. The number of hydrogen-bond donors (Lipinski definition) is 1. The minimum Gasteiger partial charge on any atom is -0.482 e. The van der Waals surface area contributed by atoms with Gasteiger partial charge in [0.1, 0.15) is 5.75 Å². The number of carbonyl (C=O) groups excluding carboxylic acids is 1. The van der Waals surface area contributed by atoms with Crippen molar-refractivity contribution in [2.24, 2.45) is 0 Å². The fourth-order valence-corrected chi connectivity index (χ4v) is 3.10. The summed E-state index contributed by atoms with van der Waals surface area (Å²) < 4.78 is 44.3. The molecule has 0 aliphatic carbocycles. The standard InChI is InChI=1S/C20H17BrF3N3O3/c1-12-2-4-16(17(8-12)30-10-20(22,23)24)26-18(28)6-7-27-11-25-15-5-3-13(21)9-14(15)19(27)29/h2-5,8-9,11H,6-7,10H2,1H3,(H,26,28). The molecule has 0 aliphatic rings. The summed E-state index contributed by atoms with van der Waals surface area (Å²) in [5.41, 5.74) is 1.06. The van der Waals surface area contributed by atoms with E-state index in [-0.39, 0.29) is 30.0 Å². The number of nitrogens with zero attached hydrogens (tertiary/aromatic N) is 2. The van der Waals surface area contributed by atoms with Crippen molar-refractivity contribution < 1.29 is 22.7 Å². The molecule has 6 nitrogen and oxygen atoms in total. The lowest BCUT2D eigenvalue weighted by atomic mass is 10.2. The van der Waals surface area contributed by atoms with Crippen molar-refractivity contribution in [1.82, 2.24) is 9.55 Å². The molecule has 3 aromatic rings. The van der Waals surface area contributed by atoms with Gasteiger partial charge in [0.05, 0.1) is 22.9 Å². The Morgan fingerprint density at radius 3 is 2.73 bits per heavy atom. The van der Waals surface area contributed by atoms with Crippen LogP contribution in [0.3, 0.4) is 0 Å². The van der Waals surface area contributed by atoms with Gasteiger partial charge in [0.15, 0.2) is 6.61 Å². The average molecular weight is 484 g/mol. The van der Waals surface area contributed by atoms with Crippen LogP contribution in [0, 0.1) is 6.92 Å². The minimum absolute atomic E-state index is 0.0602. The van der Waals surface area contributed by atoms with Gasteiger partial charge in [-0.2, -0.15) is 13.2 Å². The number of halogens is 4. The Hall–Kier alpha value is -2.88. The number of fused-ring (bicyclic) bond motifs is 1. The maximum Gasteiger partial charge on any atom is 0.422 e. The molecule has 0 saturated carbocycles. The molecule has 3 rings (SSSR count). The third kappa shape index (κ3) is 5.59. The number of aromatic nitrogens is 2. The summed E-state index contributed by atoms with van der Waals surface area (Å²) in [6, 6.07) is 9.66. The van der Waals surface area contributed by atoms with Gasteiger partial charge in [0, 0.05) is 17.4 Å². The summed E-state index contributed by atoms with van der Waals surface area (Å²) in [4.78, 5) is 29.1.